The van der Waals surface area contributed by atoms with Crippen LogP contribution in [-0.4, -0.2) is 34.2 Å². The molecule has 0 unspecified atom stereocenters. The number of thiazole rings is 1. The molecule has 110 valence electrons. The van der Waals surface area contributed by atoms with Gasteiger partial charge in [0, 0.05) is 5.38 Å². The summed E-state index contributed by atoms with van der Waals surface area (Å²) < 4.78 is 4.57. The molecule has 21 heavy (non-hydrogen) atoms. The van der Waals surface area contributed by atoms with Crippen LogP contribution >= 0.6 is 11.3 Å². The highest BCUT2D eigenvalue weighted by Crippen LogP contribution is 2.17. The summed E-state index contributed by atoms with van der Waals surface area (Å²) in [7, 11) is 1.32. The summed E-state index contributed by atoms with van der Waals surface area (Å²) in [6.45, 7) is 3.48. The van der Waals surface area contributed by atoms with E-state index in [2.05, 4.69) is 25.2 Å². The van der Waals surface area contributed by atoms with Crippen LogP contribution in [0.25, 0.3) is 0 Å². The number of anilines is 1. The maximum atomic E-state index is 12.2. The summed E-state index contributed by atoms with van der Waals surface area (Å²) in [4.78, 5) is 27.5. The molecule has 0 spiro atoms. The molecule has 0 fully saturated rings. The zero-order valence-corrected chi connectivity index (χ0v) is 12.7. The standard InChI is InChI=1S/C13H14N4O3S/c1-7-4-10(8(2)17-16-7)12(19)15-13-14-9(6-21-13)5-11(18)20-3/h4,6H,5H2,1-3H3,(H,14,15,19). The lowest BCUT2D eigenvalue weighted by molar-refractivity contribution is -0.139. The Labute approximate surface area is 125 Å². The van der Waals surface area contributed by atoms with Gasteiger partial charge in [0.25, 0.3) is 5.91 Å². The molecule has 0 saturated heterocycles. The van der Waals surface area contributed by atoms with E-state index < -0.39 is 0 Å². The molecule has 0 bridgehead atoms. The second-order valence-electron chi connectivity index (χ2n) is 4.34. The van der Waals surface area contributed by atoms with Crippen LogP contribution < -0.4 is 5.32 Å². The van der Waals surface area contributed by atoms with Crippen LogP contribution in [0.5, 0.6) is 0 Å². The molecule has 0 aliphatic carbocycles. The van der Waals surface area contributed by atoms with E-state index in [0.717, 1.165) is 0 Å². The van der Waals surface area contributed by atoms with E-state index >= 15 is 0 Å². The van der Waals surface area contributed by atoms with Crippen LogP contribution in [0.15, 0.2) is 11.4 Å². The van der Waals surface area contributed by atoms with Gasteiger partial charge < -0.3 is 4.74 Å². The number of hydrogen-bond donors (Lipinski definition) is 1. The maximum absolute atomic E-state index is 12.2. The number of methoxy groups -OCH3 is 1. The minimum absolute atomic E-state index is 0.0812. The van der Waals surface area contributed by atoms with Crippen molar-refractivity contribution in [2.24, 2.45) is 0 Å². The van der Waals surface area contributed by atoms with Crippen molar-refractivity contribution in [2.45, 2.75) is 20.3 Å². The van der Waals surface area contributed by atoms with Crippen molar-refractivity contribution >= 4 is 28.3 Å². The third-order valence-corrected chi connectivity index (χ3v) is 3.48. The second-order valence-corrected chi connectivity index (χ2v) is 5.19. The number of amides is 1. The van der Waals surface area contributed by atoms with Gasteiger partial charge >= 0.3 is 5.97 Å². The zero-order chi connectivity index (χ0) is 15.4. The van der Waals surface area contributed by atoms with Gasteiger partial charge in [-0.15, -0.1) is 11.3 Å². The SMILES string of the molecule is COC(=O)Cc1csc(NC(=O)c2cc(C)nnc2C)n1. The Hall–Kier alpha value is -2.35. The van der Waals surface area contributed by atoms with E-state index in [-0.39, 0.29) is 18.3 Å². The molecule has 1 amide bonds. The first-order valence-electron chi connectivity index (χ1n) is 6.13. The Kier molecular flexibility index (Phi) is 4.59. The van der Waals surface area contributed by atoms with Crippen molar-refractivity contribution in [3.8, 4) is 0 Å². The fourth-order valence-electron chi connectivity index (χ4n) is 1.61. The topological polar surface area (TPSA) is 94.1 Å². The zero-order valence-electron chi connectivity index (χ0n) is 11.8. The third kappa shape index (κ3) is 3.82. The van der Waals surface area contributed by atoms with E-state index in [9.17, 15) is 9.59 Å². The number of aryl methyl sites for hydroxylation is 2. The number of ether oxygens (including phenoxy) is 1. The van der Waals surface area contributed by atoms with Gasteiger partial charge in [0.1, 0.15) is 0 Å². The van der Waals surface area contributed by atoms with Crippen molar-refractivity contribution in [3.05, 3.63) is 34.1 Å². The summed E-state index contributed by atoms with van der Waals surface area (Å²) in [5.74, 6) is -0.674. The highest BCUT2D eigenvalue weighted by molar-refractivity contribution is 7.14. The molecule has 2 aromatic rings. The van der Waals surface area contributed by atoms with Crippen LogP contribution in [0.2, 0.25) is 0 Å². The van der Waals surface area contributed by atoms with Gasteiger partial charge in [-0.1, -0.05) is 0 Å². The van der Waals surface area contributed by atoms with E-state index in [1.165, 1.54) is 18.4 Å². The molecule has 0 aliphatic heterocycles. The summed E-state index contributed by atoms with van der Waals surface area (Å²) >= 11 is 1.25. The summed E-state index contributed by atoms with van der Waals surface area (Å²) in [5.41, 5.74) is 2.22. The van der Waals surface area contributed by atoms with Crippen molar-refractivity contribution in [2.75, 3.05) is 12.4 Å². The van der Waals surface area contributed by atoms with Crippen LogP contribution in [0.3, 0.4) is 0 Å². The number of nitrogens with zero attached hydrogens (tertiary/aromatic N) is 3. The molecule has 2 rings (SSSR count). The Balaban J connectivity index is 2.09. The molecule has 1 N–H and O–H groups in total. The van der Waals surface area contributed by atoms with Gasteiger partial charge in [0.2, 0.25) is 0 Å². The van der Waals surface area contributed by atoms with Crippen LogP contribution in [0.1, 0.15) is 27.4 Å². The van der Waals surface area contributed by atoms with Crippen molar-refractivity contribution in [3.63, 3.8) is 0 Å². The smallest absolute Gasteiger partial charge is 0.311 e. The first-order chi connectivity index (χ1) is 9.99. The molecule has 7 nitrogen and oxygen atoms in total. The lowest BCUT2D eigenvalue weighted by Crippen LogP contribution is -2.15. The normalized spacial score (nSPS) is 10.2. The largest absolute Gasteiger partial charge is 0.469 e. The van der Waals surface area contributed by atoms with E-state index in [1.807, 2.05) is 0 Å². The van der Waals surface area contributed by atoms with E-state index in [1.54, 1.807) is 25.3 Å². The monoisotopic (exact) mass is 306 g/mol. The molecule has 2 aromatic heterocycles. The second kappa shape index (κ2) is 6.40. The fraction of sp³-hybridized carbons (Fsp3) is 0.308. The summed E-state index contributed by atoms with van der Waals surface area (Å²) in [6, 6.07) is 1.67. The molecule has 8 heteroatoms. The lowest BCUT2D eigenvalue weighted by Gasteiger charge is -2.04. The first-order valence-corrected chi connectivity index (χ1v) is 7.01. The number of carbonyl (C=O) groups is 2. The molecular weight excluding hydrogens is 292 g/mol. The van der Waals surface area contributed by atoms with Crippen LogP contribution in [-0.2, 0) is 16.0 Å². The molecule has 2 heterocycles. The molecule has 0 saturated carbocycles. The maximum Gasteiger partial charge on any atom is 0.311 e. The molecular formula is C13H14N4O3S. The molecule has 0 aromatic carbocycles. The molecule has 0 radical (unpaired) electrons. The average Bonchev–Trinajstić information content (AvgIpc) is 2.88. The predicted molar refractivity (Wildman–Crippen MR) is 77.3 cm³/mol. The van der Waals surface area contributed by atoms with Gasteiger partial charge in [-0.3, -0.25) is 14.9 Å². The van der Waals surface area contributed by atoms with Crippen molar-refractivity contribution < 1.29 is 14.3 Å². The number of rotatable bonds is 4. The highest BCUT2D eigenvalue weighted by Gasteiger charge is 2.14. The quantitative estimate of drug-likeness (QED) is 0.861. The van der Waals surface area contributed by atoms with Gasteiger partial charge in [0.05, 0.1) is 36.2 Å². The third-order valence-electron chi connectivity index (χ3n) is 2.67. The van der Waals surface area contributed by atoms with Crippen molar-refractivity contribution in [1.29, 1.82) is 0 Å². The van der Waals surface area contributed by atoms with Crippen LogP contribution in [0.4, 0.5) is 5.13 Å². The molecule has 0 aliphatic rings. The lowest BCUT2D eigenvalue weighted by atomic mass is 10.2. The highest BCUT2D eigenvalue weighted by atomic mass is 32.1. The van der Waals surface area contributed by atoms with Crippen LogP contribution in [0, 0.1) is 13.8 Å². The number of carbonyl (C=O) groups excluding carboxylic acids is 2. The van der Waals surface area contributed by atoms with Gasteiger partial charge in [-0.2, -0.15) is 10.2 Å². The Morgan fingerprint density at radius 2 is 2.10 bits per heavy atom. The fourth-order valence-corrected chi connectivity index (χ4v) is 2.32. The number of esters is 1. The number of aromatic nitrogens is 3. The number of nitrogens with one attached hydrogen (secondary N) is 1. The Morgan fingerprint density at radius 1 is 1.33 bits per heavy atom. The Bertz CT molecular complexity index is 684. The summed E-state index contributed by atoms with van der Waals surface area (Å²) in [5, 5.41) is 12.6. The van der Waals surface area contributed by atoms with Gasteiger partial charge in [-0.25, -0.2) is 4.98 Å². The average molecular weight is 306 g/mol. The predicted octanol–water partition coefficient (Wildman–Crippen LogP) is 1.52. The van der Waals surface area contributed by atoms with Gasteiger partial charge in [0.15, 0.2) is 5.13 Å². The van der Waals surface area contributed by atoms with E-state index in [4.69, 9.17) is 0 Å². The van der Waals surface area contributed by atoms with Gasteiger partial charge in [-0.05, 0) is 19.9 Å². The number of hydrogen-bond acceptors (Lipinski definition) is 7. The summed E-state index contributed by atoms with van der Waals surface area (Å²) in [6.07, 6.45) is 0.0812. The minimum atomic E-state index is -0.372. The van der Waals surface area contributed by atoms with E-state index in [0.29, 0.717) is 27.8 Å². The first kappa shape index (κ1) is 15.0. The minimum Gasteiger partial charge on any atom is -0.469 e. The Morgan fingerprint density at radius 3 is 2.81 bits per heavy atom. The molecule has 0 atom stereocenters. The van der Waals surface area contributed by atoms with Crippen molar-refractivity contribution in [1.82, 2.24) is 15.2 Å².